The predicted octanol–water partition coefficient (Wildman–Crippen LogP) is 2.85. The highest BCUT2D eigenvalue weighted by Gasteiger charge is 2.20. The molecule has 1 saturated heterocycles. The molecule has 1 fully saturated rings. The summed E-state index contributed by atoms with van der Waals surface area (Å²) in [7, 11) is 2.16. The zero-order valence-corrected chi connectivity index (χ0v) is 11.9. The first-order chi connectivity index (χ1) is 8.45. The summed E-state index contributed by atoms with van der Waals surface area (Å²) in [6.45, 7) is 8.86. The Hall–Kier alpha value is -1.09. The Morgan fingerprint density at radius 1 is 1.28 bits per heavy atom. The van der Waals surface area contributed by atoms with Gasteiger partial charge in [-0.05, 0) is 36.9 Å². The second-order valence-electron chi connectivity index (χ2n) is 6.25. The Morgan fingerprint density at radius 3 is 2.56 bits per heavy atom. The number of ether oxygens (including phenoxy) is 1. The highest BCUT2D eigenvalue weighted by molar-refractivity contribution is 5.26. The van der Waals surface area contributed by atoms with E-state index in [1.165, 1.54) is 5.56 Å². The molecule has 0 unspecified atom stereocenters. The lowest BCUT2D eigenvalue weighted by atomic mass is 9.88. The minimum absolute atomic E-state index is 0.147. The van der Waals surface area contributed by atoms with Crippen LogP contribution in [0.5, 0.6) is 5.88 Å². The van der Waals surface area contributed by atoms with Crippen LogP contribution in [0.15, 0.2) is 18.3 Å². The fourth-order valence-electron chi connectivity index (χ4n) is 2.21. The van der Waals surface area contributed by atoms with Crippen LogP contribution >= 0.6 is 0 Å². The lowest BCUT2D eigenvalue weighted by Crippen LogP contribution is -2.35. The smallest absolute Gasteiger partial charge is 0.213 e. The molecule has 0 saturated carbocycles. The van der Waals surface area contributed by atoms with E-state index in [4.69, 9.17) is 4.74 Å². The van der Waals surface area contributed by atoms with E-state index >= 15 is 0 Å². The van der Waals surface area contributed by atoms with Crippen molar-refractivity contribution in [2.24, 2.45) is 0 Å². The van der Waals surface area contributed by atoms with Crippen LogP contribution in [0.25, 0.3) is 0 Å². The van der Waals surface area contributed by atoms with Gasteiger partial charge in [0.15, 0.2) is 0 Å². The highest BCUT2D eigenvalue weighted by atomic mass is 16.5. The molecular formula is C15H24N2O. The van der Waals surface area contributed by atoms with Crippen molar-refractivity contribution in [3.05, 3.63) is 23.9 Å². The second kappa shape index (κ2) is 5.27. The molecule has 1 aliphatic heterocycles. The Bertz CT molecular complexity index is 390. The Balaban J connectivity index is 2.01. The second-order valence-corrected chi connectivity index (χ2v) is 6.25. The molecule has 0 N–H and O–H groups in total. The maximum absolute atomic E-state index is 6.00. The molecular weight excluding hydrogens is 224 g/mol. The maximum Gasteiger partial charge on any atom is 0.213 e. The highest BCUT2D eigenvalue weighted by Crippen LogP contribution is 2.25. The average molecular weight is 248 g/mol. The molecule has 2 rings (SSSR count). The fourth-order valence-corrected chi connectivity index (χ4v) is 2.21. The molecule has 1 aliphatic rings. The van der Waals surface area contributed by atoms with Gasteiger partial charge in [-0.15, -0.1) is 0 Å². The molecule has 2 heterocycles. The molecule has 0 amide bonds. The van der Waals surface area contributed by atoms with Gasteiger partial charge < -0.3 is 9.64 Å². The van der Waals surface area contributed by atoms with Crippen LogP contribution in [0, 0.1) is 0 Å². The normalized spacial score (nSPS) is 18.9. The largest absolute Gasteiger partial charge is 0.474 e. The average Bonchev–Trinajstić information content (AvgIpc) is 2.31. The minimum atomic E-state index is 0.147. The van der Waals surface area contributed by atoms with Crippen molar-refractivity contribution in [2.75, 3.05) is 20.1 Å². The number of pyridine rings is 1. The van der Waals surface area contributed by atoms with Crippen LogP contribution in [-0.2, 0) is 5.41 Å². The zero-order chi connectivity index (χ0) is 13.2. The molecule has 3 nitrogen and oxygen atoms in total. The number of likely N-dealkylation sites (tertiary alicyclic amines) is 1. The van der Waals surface area contributed by atoms with Crippen molar-refractivity contribution >= 4 is 0 Å². The van der Waals surface area contributed by atoms with Gasteiger partial charge in [-0.25, -0.2) is 4.98 Å². The van der Waals surface area contributed by atoms with Crippen LogP contribution in [0.2, 0.25) is 0 Å². The van der Waals surface area contributed by atoms with E-state index in [1.54, 1.807) is 0 Å². The Morgan fingerprint density at radius 2 is 1.94 bits per heavy atom. The van der Waals surface area contributed by atoms with E-state index in [1.807, 2.05) is 6.20 Å². The van der Waals surface area contributed by atoms with Gasteiger partial charge in [0.25, 0.3) is 0 Å². The third kappa shape index (κ3) is 3.45. The standard InChI is InChI=1S/C15H24N2O/c1-15(2,3)12-5-8-16-14(11-12)18-13-6-9-17(4)10-7-13/h5,8,11,13H,6-7,9-10H2,1-4H3. The van der Waals surface area contributed by atoms with E-state index in [2.05, 4.69) is 49.8 Å². The molecule has 0 spiro atoms. The summed E-state index contributed by atoms with van der Waals surface area (Å²) in [5.74, 6) is 0.775. The summed E-state index contributed by atoms with van der Waals surface area (Å²) in [4.78, 5) is 6.68. The first-order valence-corrected chi connectivity index (χ1v) is 6.77. The van der Waals surface area contributed by atoms with E-state index < -0.39 is 0 Å². The first kappa shape index (κ1) is 13.3. The summed E-state index contributed by atoms with van der Waals surface area (Å²) in [5.41, 5.74) is 1.42. The van der Waals surface area contributed by atoms with Gasteiger partial charge in [0.1, 0.15) is 6.10 Å². The van der Waals surface area contributed by atoms with Gasteiger partial charge in [-0.1, -0.05) is 20.8 Å². The topological polar surface area (TPSA) is 25.4 Å². The van der Waals surface area contributed by atoms with E-state index in [-0.39, 0.29) is 5.41 Å². The molecule has 1 aromatic rings. The third-order valence-electron chi connectivity index (χ3n) is 3.55. The summed E-state index contributed by atoms with van der Waals surface area (Å²) < 4.78 is 6.00. The molecule has 3 heteroatoms. The molecule has 0 bridgehead atoms. The van der Waals surface area contributed by atoms with Crippen LogP contribution in [0.3, 0.4) is 0 Å². The lowest BCUT2D eigenvalue weighted by molar-refractivity contribution is 0.110. The van der Waals surface area contributed by atoms with Crippen LogP contribution in [0.1, 0.15) is 39.2 Å². The fraction of sp³-hybridized carbons (Fsp3) is 0.667. The van der Waals surface area contributed by atoms with E-state index in [0.717, 1.165) is 31.8 Å². The van der Waals surface area contributed by atoms with E-state index in [0.29, 0.717) is 6.10 Å². The lowest BCUT2D eigenvalue weighted by Gasteiger charge is -2.29. The molecule has 0 aromatic carbocycles. The number of piperidine rings is 1. The monoisotopic (exact) mass is 248 g/mol. The molecule has 0 aliphatic carbocycles. The van der Waals surface area contributed by atoms with Crippen molar-refractivity contribution in [2.45, 2.75) is 45.1 Å². The summed E-state index contributed by atoms with van der Waals surface area (Å²) in [5, 5.41) is 0. The van der Waals surface area contributed by atoms with Crippen LogP contribution in [-0.4, -0.2) is 36.1 Å². The Labute approximate surface area is 110 Å². The number of nitrogens with zero attached hydrogens (tertiary/aromatic N) is 2. The minimum Gasteiger partial charge on any atom is -0.474 e. The molecule has 1 aromatic heterocycles. The molecule has 18 heavy (non-hydrogen) atoms. The van der Waals surface area contributed by atoms with Gasteiger partial charge >= 0.3 is 0 Å². The van der Waals surface area contributed by atoms with Gasteiger partial charge in [0.05, 0.1) is 0 Å². The summed E-state index contributed by atoms with van der Waals surface area (Å²) >= 11 is 0. The SMILES string of the molecule is CN1CCC(Oc2cc(C(C)(C)C)ccn2)CC1. The number of hydrogen-bond donors (Lipinski definition) is 0. The van der Waals surface area contributed by atoms with Crippen molar-refractivity contribution in [1.82, 2.24) is 9.88 Å². The summed E-state index contributed by atoms with van der Waals surface area (Å²) in [6, 6.07) is 4.15. The predicted molar refractivity (Wildman–Crippen MR) is 74.1 cm³/mol. The number of aromatic nitrogens is 1. The van der Waals surface area contributed by atoms with Crippen molar-refractivity contribution in [3.63, 3.8) is 0 Å². The quantitative estimate of drug-likeness (QED) is 0.804. The van der Waals surface area contributed by atoms with Gasteiger partial charge in [-0.2, -0.15) is 0 Å². The van der Waals surface area contributed by atoms with Crippen molar-refractivity contribution in [3.8, 4) is 5.88 Å². The van der Waals surface area contributed by atoms with Crippen molar-refractivity contribution < 1.29 is 4.74 Å². The zero-order valence-electron chi connectivity index (χ0n) is 11.9. The molecule has 100 valence electrons. The number of rotatable bonds is 2. The molecule has 0 radical (unpaired) electrons. The van der Waals surface area contributed by atoms with Crippen LogP contribution < -0.4 is 4.74 Å². The molecule has 0 atom stereocenters. The van der Waals surface area contributed by atoms with Gasteiger partial charge in [0.2, 0.25) is 5.88 Å². The van der Waals surface area contributed by atoms with Crippen LogP contribution in [0.4, 0.5) is 0 Å². The first-order valence-electron chi connectivity index (χ1n) is 6.77. The third-order valence-corrected chi connectivity index (χ3v) is 3.55. The number of hydrogen-bond acceptors (Lipinski definition) is 3. The van der Waals surface area contributed by atoms with Gasteiger partial charge in [0, 0.05) is 25.4 Å². The van der Waals surface area contributed by atoms with Crippen molar-refractivity contribution in [1.29, 1.82) is 0 Å². The summed E-state index contributed by atoms with van der Waals surface area (Å²) in [6.07, 6.45) is 4.37. The maximum atomic E-state index is 6.00. The Kier molecular flexibility index (Phi) is 3.91. The van der Waals surface area contributed by atoms with E-state index in [9.17, 15) is 0 Å². The van der Waals surface area contributed by atoms with Gasteiger partial charge in [-0.3, -0.25) is 0 Å².